The van der Waals surface area contributed by atoms with E-state index in [-0.39, 0.29) is 22.7 Å². The number of amides is 1. The van der Waals surface area contributed by atoms with Gasteiger partial charge in [-0.05, 0) is 56.4 Å². The van der Waals surface area contributed by atoms with E-state index in [2.05, 4.69) is 48.1 Å². The monoisotopic (exact) mass is 612 g/mol. The van der Waals surface area contributed by atoms with Crippen LogP contribution in [0.25, 0.3) is 0 Å². The van der Waals surface area contributed by atoms with Crippen molar-refractivity contribution in [1.29, 1.82) is 0 Å². The molecule has 11 heteroatoms. The van der Waals surface area contributed by atoms with Gasteiger partial charge in [-0.1, -0.05) is 40.2 Å². The first-order valence-electron chi connectivity index (χ1n) is 12.8. The summed E-state index contributed by atoms with van der Waals surface area (Å²) < 4.78 is 28.0. The van der Waals surface area contributed by atoms with Crippen LogP contribution in [0.2, 0.25) is 0 Å². The molecule has 2 N–H and O–H groups in total. The molecule has 0 spiro atoms. The first kappa shape index (κ1) is 28.7. The lowest BCUT2D eigenvalue weighted by molar-refractivity contribution is 0.0922. The van der Waals surface area contributed by atoms with Gasteiger partial charge in [0.25, 0.3) is 5.91 Å². The summed E-state index contributed by atoms with van der Waals surface area (Å²) in [5, 5.41) is 5.14. The zero-order valence-corrected chi connectivity index (χ0v) is 24.7. The van der Waals surface area contributed by atoms with Gasteiger partial charge in [0.1, 0.15) is 11.1 Å². The van der Waals surface area contributed by atoms with Crippen LogP contribution in [0.15, 0.2) is 70.8 Å². The third-order valence-corrected chi connectivity index (χ3v) is 9.44. The van der Waals surface area contributed by atoms with Crippen molar-refractivity contribution in [3.63, 3.8) is 0 Å². The lowest BCUT2D eigenvalue weighted by Gasteiger charge is -2.30. The number of aryl methyl sites for hydroxylation is 1. The second kappa shape index (κ2) is 12.3. The minimum absolute atomic E-state index is 0.0287. The van der Waals surface area contributed by atoms with E-state index < -0.39 is 21.0 Å². The van der Waals surface area contributed by atoms with Gasteiger partial charge >= 0.3 is 0 Å². The molecule has 0 radical (unpaired) electrons. The Labute approximate surface area is 238 Å². The lowest BCUT2D eigenvalue weighted by Crippen LogP contribution is -2.40. The van der Waals surface area contributed by atoms with Crippen molar-refractivity contribution in [2.45, 2.75) is 55.0 Å². The Morgan fingerprint density at radius 1 is 1.10 bits per heavy atom. The highest BCUT2D eigenvalue weighted by Gasteiger charge is 2.33. The maximum Gasteiger partial charge on any atom is 0.254 e. The minimum atomic E-state index is -4.05. The number of sulfone groups is 1. The molecule has 1 fully saturated rings. The lowest BCUT2D eigenvalue weighted by atomic mass is 9.91. The third kappa shape index (κ3) is 6.65. The smallest absolute Gasteiger partial charge is 0.254 e. The first-order chi connectivity index (χ1) is 18.6. The molecular formula is C28H33BrN6O3S. The number of aromatic nitrogens is 3. The second-order valence-electron chi connectivity index (χ2n) is 9.83. The van der Waals surface area contributed by atoms with Crippen LogP contribution in [0.1, 0.15) is 52.5 Å². The van der Waals surface area contributed by atoms with Gasteiger partial charge in [-0.3, -0.25) is 4.79 Å². The molecule has 1 aliphatic carbocycles. The number of carbonyl (C=O) groups is 1. The van der Waals surface area contributed by atoms with E-state index in [9.17, 15) is 13.2 Å². The quantitative estimate of drug-likeness (QED) is 0.329. The highest BCUT2D eigenvalue weighted by atomic mass is 79.9. The maximum atomic E-state index is 13.7. The number of carbonyl (C=O) groups excluding carboxylic acids is 1. The van der Waals surface area contributed by atoms with E-state index in [4.69, 9.17) is 0 Å². The minimum Gasteiger partial charge on any atom is -0.363 e. The highest BCUT2D eigenvalue weighted by Crippen LogP contribution is 2.34. The number of rotatable bonds is 9. The van der Waals surface area contributed by atoms with Crippen LogP contribution in [0.5, 0.6) is 0 Å². The van der Waals surface area contributed by atoms with Gasteiger partial charge in [0, 0.05) is 48.6 Å². The fraction of sp³-hybridized carbons (Fsp3) is 0.357. The summed E-state index contributed by atoms with van der Waals surface area (Å²) >= 11 is 3.43. The van der Waals surface area contributed by atoms with Crippen LogP contribution in [0.4, 0.5) is 11.8 Å². The Hall–Kier alpha value is -3.31. The first-order valence-corrected chi connectivity index (χ1v) is 15.1. The van der Waals surface area contributed by atoms with Gasteiger partial charge in [-0.2, -0.15) is 4.98 Å². The number of anilines is 2. The summed E-state index contributed by atoms with van der Waals surface area (Å²) in [4.78, 5) is 28.5. The van der Waals surface area contributed by atoms with Gasteiger partial charge < -0.3 is 15.5 Å². The van der Waals surface area contributed by atoms with Crippen LogP contribution in [0, 0.1) is 6.92 Å². The normalized spacial score (nSPS) is 18.2. The van der Waals surface area contributed by atoms with Gasteiger partial charge in [-0.15, -0.1) is 6.58 Å². The number of benzene rings is 1. The van der Waals surface area contributed by atoms with Crippen LogP contribution in [-0.4, -0.2) is 55.5 Å². The molecule has 3 aromatic rings. The summed E-state index contributed by atoms with van der Waals surface area (Å²) in [6.07, 6.45) is 5.86. The summed E-state index contributed by atoms with van der Waals surface area (Å²) in [6.45, 7) is 5.69. The SMILES string of the molecule is C=CC(c1ccccc1Br)S(=O)(=O)c1ncccc1C(=O)NC1CCC(Nc2nc(C)cc(N(C)C)n2)CC1. The van der Waals surface area contributed by atoms with E-state index in [0.29, 0.717) is 16.0 Å². The van der Waals surface area contributed by atoms with Crippen LogP contribution >= 0.6 is 15.9 Å². The van der Waals surface area contributed by atoms with Gasteiger partial charge in [0.2, 0.25) is 15.8 Å². The Balaban J connectivity index is 1.44. The molecule has 0 saturated heterocycles. The summed E-state index contributed by atoms with van der Waals surface area (Å²) in [5.74, 6) is 0.982. The average Bonchev–Trinajstić information content (AvgIpc) is 2.91. The third-order valence-electron chi connectivity index (χ3n) is 6.74. The Bertz CT molecular complexity index is 1460. The fourth-order valence-electron chi connectivity index (χ4n) is 4.71. The molecule has 1 aromatic carbocycles. The molecule has 206 valence electrons. The molecule has 39 heavy (non-hydrogen) atoms. The number of halogens is 1. The van der Waals surface area contributed by atoms with Crippen molar-refractivity contribution >= 4 is 43.4 Å². The number of nitrogens with zero attached hydrogens (tertiary/aromatic N) is 4. The van der Waals surface area contributed by atoms with Crippen LogP contribution < -0.4 is 15.5 Å². The molecule has 2 heterocycles. The molecule has 9 nitrogen and oxygen atoms in total. The molecule has 1 atom stereocenters. The molecule has 1 aliphatic rings. The van der Waals surface area contributed by atoms with Gasteiger partial charge in [0.05, 0.1) is 5.56 Å². The molecule has 2 aromatic heterocycles. The average molecular weight is 614 g/mol. The van der Waals surface area contributed by atoms with E-state index in [1.165, 1.54) is 18.3 Å². The molecular weight excluding hydrogens is 580 g/mol. The predicted molar refractivity (Wildman–Crippen MR) is 157 cm³/mol. The van der Waals surface area contributed by atoms with Crippen molar-refractivity contribution in [2.75, 3.05) is 24.3 Å². The van der Waals surface area contributed by atoms with Crippen molar-refractivity contribution in [1.82, 2.24) is 20.3 Å². The predicted octanol–water partition coefficient (Wildman–Crippen LogP) is 4.86. The van der Waals surface area contributed by atoms with E-state index in [1.807, 2.05) is 32.0 Å². The zero-order chi connectivity index (χ0) is 28.2. The summed E-state index contributed by atoms with van der Waals surface area (Å²) in [6, 6.07) is 12.1. The van der Waals surface area contributed by atoms with Crippen molar-refractivity contribution < 1.29 is 13.2 Å². The highest BCUT2D eigenvalue weighted by molar-refractivity contribution is 9.10. The largest absolute Gasteiger partial charge is 0.363 e. The van der Waals surface area contributed by atoms with Gasteiger partial charge in [0.15, 0.2) is 5.03 Å². The molecule has 1 saturated carbocycles. The molecule has 1 unspecified atom stereocenters. The molecule has 1 amide bonds. The van der Waals surface area contributed by atoms with Crippen LogP contribution in [0.3, 0.4) is 0 Å². The van der Waals surface area contributed by atoms with Crippen LogP contribution in [-0.2, 0) is 9.84 Å². The van der Waals surface area contributed by atoms with E-state index in [0.717, 1.165) is 37.2 Å². The molecule has 4 rings (SSSR count). The van der Waals surface area contributed by atoms with Gasteiger partial charge in [-0.25, -0.2) is 18.4 Å². The van der Waals surface area contributed by atoms with Crippen molar-refractivity contribution in [3.05, 3.63) is 82.6 Å². The molecule has 0 aliphatic heterocycles. The van der Waals surface area contributed by atoms with E-state index in [1.54, 1.807) is 30.3 Å². The summed E-state index contributed by atoms with van der Waals surface area (Å²) in [5.41, 5.74) is 1.45. The summed E-state index contributed by atoms with van der Waals surface area (Å²) in [7, 11) is -0.165. The Kier molecular flexibility index (Phi) is 9.01. The standard InChI is InChI=1S/C28H33BrN6O3S/c1-5-24(21-9-6-7-11-23(21)29)39(37,38)27-22(10-8-16-30-27)26(36)32-19-12-14-20(15-13-19)33-28-31-18(2)17-25(34-28)35(3)4/h5-11,16-17,19-20,24H,1,12-15H2,2-4H3,(H,32,36)(H,31,33,34). The number of pyridine rings is 1. The van der Waals surface area contributed by atoms with Crippen molar-refractivity contribution in [2.24, 2.45) is 0 Å². The van der Waals surface area contributed by atoms with E-state index >= 15 is 0 Å². The zero-order valence-electron chi connectivity index (χ0n) is 22.3. The number of hydrogen-bond donors (Lipinski definition) is 2. The Morgan fingerprint density at radius 3 is 2.46 bits per heavy atom. The number of hydrogen-bond acceptors (Lipinski definition) is 8. The number of nitrogens with one attached hydrogen (secondary N) is 2. The van der Waals surface area contributed by atoms with Crippen molar-refractivity contribution in [3.8, 4) is 0 Å². The maximum absolute atomic E-state index is 13.7. The topological polar surface area (TPSA) is 117 Å². The fourth-order valence-corrected chi connectivity index (χ4v) is 7.10. The second-order valence-corrected chi connectivity index (χ2v) is 12.7. The Morgan fingerprint density at radius 2 is 1.79 bits per heavy atom. The molecule has 0 bridgehead atoms.